The van der Waals surface area contributed by atoms with Crippen LogP contribution in [0.2, 0.25) is 0 Å². The molecule has 62 valence electrons. The zero-order valence-corrected chi connectivity index (χ0v) is 6.02. The number of hydrogen-bond donors (Lipinski definition) is 1. The van der Waals surface area contributed by atoms with Crippen molar-refractivity contribution in [1.82, 2.24) is 0 Å². The lowest BCUT2D eigenvalue weighted by molar-refractivity contribution is -0.0215. The molecule has 2 N–H and O–H groups in total. The van der Waals surface area contributed by atoms with Crippen molar-refractivity contribution in [3.63, 3.8) is 0 Å². The lowest BCUT2D eigenvalue weighted by atomic mass is 10.3. The summed E-state index contributed by atoms with van der Waals surface area (Å²) in [5, 5.41) is 0. The van der Waals surface area contributed by atoms with Gasteiger partial charge in [0.1, 0.15) is 6.61 Å². The van der Waals surface area contributed by atoms with E-state index in [9.17, 15) is 8.78 Å². The van der Waals surface area contributed by atoms with Gasteiger partial charge in [-0.3, -0.25) is 0 Å². The summed E-state index contributed by atoms with van der Waals surface area (Å²) in [6, 6.07) is 0. The Bertz CT molecular complexity index is 76.1. The molecule has 0 saturated carbocycles. The molecule has 0 radical (unpaired) electrons. The smallest absolute Gasteiger partial charge is 0.261 e. The molecule has 0 aromatic carbocycles. The minimum absolute atomic E-state index is 0.214. The van der Waals surface area contributed by atoms with E-state index in [4.69, 9.17) is 10.5 Å². The minimum Gasteiger partial charge on any atom is -0.371 e. The molecule has 4 heteroatoms. The van der Waals surface area contributed by atoms with Gasteiger partial charge < -0.3 is 10.5 Å². The van der Waals surface area contributed by atoms with Gasteiger partial charge in [0.2, 0.25) is 0 Å². The Morgan fingerprint density at radius 2 is 2.10 bits per heavy atom. The van der Waals surface area contributed by atoms with Gasteiger partial charge in [0.15, 0.2) is 0 Å². The average molecular weight is 153 g/mol. The Balaban J connectivity index is 3.26. The Labute approximate surface area is 59.3 Å². The maximum atomic E-state index is 11.5. The highest BCUT2D eigenvalue weighted by Crippen LogP contribution is 1.99. The largest absolute Gasteiger partial charge is 0.371 e. The predicted molar refractivity (Wildman–Crippen MR) is 35.1 cm³/mol. The molecule has 10 heavy (non-hydrogen) atoms. The molecule has 0 saturated heterocycles. The van der Waals surface area contributed by atoms with Crippen LogP contribution >= 0.6 is 0 Å². The number of ether oxygens (including phenoxy) is 1. The second kappa shape index (κ2) is 5.56. The van der Waals surface area contributed by atoms with Crippen LogP contribution in [0.15, 0.2) is 0 Å². The molecule has 0 aromatic rings. The summed E-state index contributed by atoms with van der Waals surface area (Å²) in [6.45, 7) is 1.65. The molecular weight excluding hydrogens is 140 g/mol. The predicted octanol–water partition coefficient (Wildman–Crippen LogP) is 1.01. The summed E-state index contributed by atoms with van der Waals surface area (Å²) in [5.74, 6) is 0. The van der Waals surface area contributed by atoms with Gasteiger partial charge in [-0.25, -0.2) is 8.78 Å². The van der Waals surface area contributed by atoms with Gasteiger partial charge in [0.05, 0.1) is 6.10 Å². The van der Waals surface area contributed by atoms with Crippen LogP contribution in [-0.4, -0.2) is 25.7 Å². The highest BCUT2D eigenvalue weighted by atomic mass is 19.3. The molecule has 0 spiro atoms. The Morgan fingerprint density at radius 1 is 1.50 bits per heavy atom. The molecule has 0 rings (SSSR count). The maximum Gasteiger partial charge on any atom is 0.261 e. The molecule has 0 aliphatic heterocycles. The lowest BCUT2D eigenvalue weighted by Gasteiger charge is -2.12. The monoisotopic (exact) mass is 153 g/mol. The van der Waals surface area contributed by atoms with E-state index in [1.807, 2.05) is 6.92 Å². The summed E-state index contributed by atoms with van der Waals surface area (Å²) in [4.78, 5) is 0. The Hall–Kier alpha value is -0.220. The molecule has 0 heterocycles. The minimum atomic E-state index is -2.39. The first-order valence-electron chi connectivity index (χ1n) is 3.30. The zero-order valence-electron chi connectivity index (χ0n) is 6.02. The molecule has 1 atom stereocenters. The number of nitrogens with two attached hydrogens (primary N) is 1. The van der Waals surface area contributed by atoms with Crippen LogP contribution in [0, 0.1) is 0 Å². The highest BCUT2D eigenvalue weighted by Gasteiger charge is 2.07. The van der Waals surface area contributed by atoms with Gasteiger partial charge in [-0.2, -0.15) is 0 Å². The molecule has 0 bridgehead atoms. The van der Waals surface area contributed by atoms with Crippen LogP contribution in [0.4, 0.5) is 8.78 Å². The van der Waals surface area contributed by atoms with E-state index in [1.54, 1.807) is 0 Å². The molecule has 0 aliphatic rings. The van der Waals surface area contributed by atoms with Crippen molar-refractivity contribution in [2.24, 2.45) is 5.73 Å². The fourth-order valence-electron chi connectivity index (χ4n) is 0.561. The third kappa shape index (κ3) is 4.64. The van der Waals surface area contributed by atoms with E-state index in [0.29, 0.717) is 13.0 Å². The number of rotatable bonds is 5. The van der Waals surface area contributed by atoms with E-state index in [-0.39, 0.29) is 6.10 Å². The van der Waals surface area contributed by atoms with E-state index in [0.717, 1.165) is 0 Å². The zero-order chi connectivity index (χ0) is 7.98. The fourth-order valence-corrected chi connectivity index (χ4v) is 0.561. The topological polar surface area (TPSA) is 35.2 Å². The maximum absolute atomic E-state index is 11.5. The van der Waals surface area contributed by atoms with Gasteiger partial charge in [-0.15, -0.1) is 0 Å². The highest BCUT2D eigenvalue weighted by molar-refractivity contribution is 4.54. The molecule has 2 nitrogen and oxygen atoms in total. The summed E-state index contributed by atoms with van der Waals surface area (Å²) in [6.07, 6.45) is -1.92. The van der Waals surface area contributed by atoms with Crippen LogP contribution in [0.25, 0.3) is 0 Å². The van der Waals surface area contributed by atoms with Crippen molar-refractivity contribution in [3.8, 4) is 0 Å². The quantitative estimate of drug-likeness (QED) is 0.639. The number of alkyl halides is 2. The van der Waals surface area contributed by atoms with Crippen LogP contribution in [0.5, 0.6) is 0 Å². The molecular formula is C6H13F2NO. The van der Waals surface area contributed by atoms with Gasteiger partial charge in [-0.05, 0) is 6.42 Å². The van der Waals surface area contributed by atoms with E-state index in [1.165, 1.54) is 0 Å². The van der Waals surface area contributed by atoms with Gasteiger partial charge in [0.25, 0.3) is 6.43 Å². The van der Waals surface area contributed by atoms with Gasteiger partial charge in [-0.1, -0.05) is 6.92 Å². The third-order valence-corrected chi connectivity index (χ3v) is 1.18. The first kappa shape index (κ1) is 9.78. The second-order valence-electron chi connectivity index (χ2n) is 1.99. The van der Waals surface area contributed by atoms with Crippen LogP contribution in [0.1, 0.15) is 13.3 Å². The first-order valence-corrected chi connectivity index (χ1v) is 3.30. The average Bonchev–Trinajstić information content (AvgIpc) is 1.90. The van der Waals surface area contributed by atoms with Crippen LogP contribution < -0.4 is 5.73 Å². The lowest BCUT2D eigenvalue weighted by Crippen LogP contribution is -2.25. The van der Waals surface area contributed by atoms with Crippen molar-refractivity contribution < 1.29 is 13.5 Å². The van der Waals surface area contributed by atoms with Crippen molar-refractivity contribution in [1.29, 1.82) is 0 Å². The molecule has 0 fully saturated rings. The molecule has 0 aromatic heterocycles. The standard InChI is InChI=1S/C6H13F2NO/c1-2-5(3-9)10-4-6(7)8/h5-6H,2-4,9H2,1H3. The van der Waals surface area contributed by atoms with Crippen molar-refractivity contribution in [3.05, 3.63) is 0 Å². The SMILES string of the molecule is CCC(CN)OCC(F)F. The van der Waals surface area contributed by atoms with Crippen LogP contribution in [-0.2, 0) is 4.74 Å². The van der Waals surface area contributed by atoms with E-state index < -0.39 is 13.0 Å². The first-order chi connectivity index (χ1) is 4.70. The Morgan fingerprint density at radius 3 is 2.40 bits per heavy atom. The number of hydrogen-bond acceptors (Lipinski definition) is 2. The summed E-state index contributed by atoms with van der Waals surface area (Å²) in [7, 11) is 0. The van der Waals surface area contributed by atoms with Gasteiger partial charge >= 0.3 is 0 Å². The van der Waals surface area contributed by atoms with Crippen molar-refractivity contribution >= 4 is 0 Å². The summed E-state index contributed by atoms with van der Waals surface area (Å²) < 4.78 is 27.7. The number of halogens is 2. The van der Waals surface area contributed by atoms with Crippen LogP contribution in [0.3, 0.4) is 0 Å². The van der Waals surface area contributed by atoms with Crippen molar-refractivity contribution in [2.75, 3.05) is 13.2 Å². The van der Waals surface area contributed by atoms with E-state index >= 15 is 0 Å². The summed E-state index contributed by atoms with van der Waals surface area (Å²) in [5.41, 5.74) is 5.20. The fraction of sp³-hybridized carbons (Fsp3) is 1.00. The second-order valence-corrected chi connectivity index (χ2v) is 1.99. The van der Waals surface area contributed by atoms with Crippen molar-refractivity contribution in [2.45, 2.75) is 25.9 Å². The van der Waals surface area contributed by atoms with E-state index in [2.05, 4.69) is 0 Å². The normalized spacial score (nSPS) is 14.1. The third-order valence-electron chi connectivity index (χ3n) is 1.18. The summed E-state index contributed by atoms with van der Waals surface area (Å²) >= 11 is 0. The molecule has 0 amide bonds. The Kier molecular flexibility index (Phi) is 5.43. The molecule has 0 aliphatic carbocycles. The molecule has 1 unspecified atom stereocenters. The van der Waals surface area contributed by atoms with Gasteiger partial charge in [0, 0.05) is 6.54 Å².